The van der Waals surface area contributed by atoms with E-state index in [-0.39, 0.29) is 11.8 Å². The number of H-pyrrole nitrogens is 1. The van der Waals surface area contributed by atoms with Crippen molar-refractivity contribution in [3.63, 3.8) is 0 Å². The number of rotatable bonds is 8. The summed E-state index contributed by atoms with van der Waals surface area (Å²) in [6, 6.07) is 7.55. The van der Waals surface area contributed by atoms with E-state index >= 15 is 0 Å². The predicted molar refractivity (Wildman–Crippen MR) is 144 cm³/mol. The molecule has 4 aromatic heterocycles. The molecule has 0 unspecified atom stereocenters. The van der Waals surface area contributed by atoms with Gasteiger partial charge >= 0.3 is 0 Å². The average molecular weight is 513 g/mol. The highest BCUT2D eigenvalue weighted by Gasteiger charge is 2.32. The fraction of sp³-hybridized carbons (Fsp3) is 0.393. The molecule has 196 valence electrons. The van der Waals surface area contributed by atoms with Gasteiger partial charge in [-0.05, 0) is 68.6 Å². The molecule has 10 nitrogen and oxygen atoms in total. The lowest BCUT2D eigenvalue weighted by molar-refractivity contribution is -0.135. The number of amides is 2. The second-order valence-corrected chi connectivity index (χ2v) is 10.0. The number of carbonyl (C=O) groups is 2. The van der Waals surface area contributed by atoms with E-state index < -0.39 is 6.04 Å². The monoisotopic (exact) mass is 512 g/mol. The van der Waals surface area contributed by atoms with Crippen LogP contribution < -0.4 is 5.32 Å². The molecule has 6 heterocycles. The van der Waals surface area contributed by atoms with Gasteiger partial charge in [0.25, 0.3) is 0 Å². The molecule has 0 saturated carbocycles. The number of hydrogen-bond acceptors (Lipinski definition) is 6. The topological polar surface area (TPSA) is 112 Å². The lowest BCUT2D eigenvalue weighted by Gasteiger charge is -2.22. The first-order chi connectivity index (χ1) is 18.7. The van der Waals surface area contributed by atoms with Gasteiger partial charge in [0.15, 0.2) is 0 Å². The maximum Gasteiger partial charge on any atom is 0.246 e. The summed E-state index contributed by atoms with van der Waals surface area (Å²) in [5.41, 5.74) is 4.73. The van der Waals surface area contributed by atoms with Crippen LogP contribution in [0.1, 0.15) is 31.4 Å². The Morgan fingerprint density at radius 2 is 1.97 bits per heavy atom. The van der Waals surface area contributed by atoms with Crippen molar-refractivity contribution in [2.75, 3.05) is 32.7 Å². The first kappa shape index (κ1) is 24.3. The molecule has 0 aliphatic carbocycles. The summed E-state index contributed by atoms with van der Waals surface area (Å²) >= 11 is 0. The Balaban J connectivity index is 1.07. The van der Waals surface area contributed by atoms with Crippen LogP contribution in [-0.4, -0.2) is 85.2 Å². The van der Waals surface area contributed by atoms with E-state index in [2.05, 4.69) is 36.4 Å². The van der Waals surface area contributed by atoms with E-state index in [1.807, 2.05) is 30.5 Å². The van der Waals surface area contributed by atoms with Crippen molar-refractivity contribution in [1.29, 1.82) is 0 Å². The fourth-order valence-corrected chi connectivity index (χ4v) is 5.60. The van der Waals surface area contributed by atoms with Crippen molar-refractivity contribution in [2.45, 2.75) is 38.1 Å². The lowest BCUT2D eigenvalue weighted by atomic mass is 10.1. The van der Waals surface area contributed by atoms with Gasteiger partial charge in [-0.1, -0.05) is 6.08 Å². The Labute approximate surface area is 220 Å². The third kappa shape index (κ3) is 4.91. The highest BCUT2D eigenvalue weighted by atomic mass is 16.2. The van der Waals surface area contributed by atoms with Gasteiger partial charge in [-0.3, -0.25) is 14.5 Å². The minimum Gasteiger partial charge on any atom is -0.354 e. The zero-order chi connectivity index (χ0) is 25.9. The van der Waals surface area contributed by atoms with Gasteiger partial charge in [0.1, 0.15) is 11.7 Å². The molecular formula is C28H32N8O2. The Morgan fingerprint density at radius 3 is 2.87 bits per heavy atom. The summed E-state index contributed by atoms with van der Waals surface area (Å²) in [5.74, 6) is -0.156. The second kappa shape index (κ2) is 10.7. The lowest BCUT2D eigenvalue weighted by Crippen LogP contribution is -2.46. The van der Waals surface area contributed by atoms with Crippen LogP contribution in [0.3, 0.4) is 0 Å². The Morgan fingerprint density at radius 1 is 1.08 bits per heavy atom. The molecule has 2 aliphatic rings. The molecule has 1 atom stereocenters. The van der Waals surface area contributed by atoms with Gasteiger partial charge < -0.3 is 15.2 Å². The number of nitrogens with one attached hydrogen (secondary N) is 2. The number of pyridine rings is 1. The number of carbonyl (C=O) groups excluding carboxylic acids is 2. The highest BCUT2D eigenvalue weighted by Crippen LogP contribution is 2.30. The van der Waals surface area contributed by atoms with Crippen LogP contribution >= 0.6 is 0 Å². The molecule has 2 amide bonds. The van der Waals surface area contributed by atoms with Crippen LogP contribution in [-0.2, 0) is 16.0 Å². The highest BCUT2D eigenvalue weighted by molar-refractivity contribution is 5.97. The molecule has 38 heavy (non-hydrogen) atoms. The Kier molecular flexibility index (Phi) is 6.87. The summed E-state index contributed by atoms with van der Waals surface area (Å²) < 4.78 is 1.62. The maximum absolute atomic E-state index is 13.0. The Bertz CT molecular complexity index is 1480. The van der Waals surface area contributed by atoms with E-state index in [4.69, 9.17) is 0 Å². The molecule has 2 fully saturated rings. The number of likely N-dealkylation sites (tertiary alicyclic amines) is 2. The summed E-state index contributed by atoms with van der Waals surface area (Å²) in [6.45, 7) is 4.09. The molecule has 2 saturated heterocycles. The molecule has 4 aromatic rings. The second-order valence-electron chi connectivity index (χ2n) is 10.0. The predicted octanol–water partition coefficient (Wildman–Crippen LogP) is 2.57. The van der Waals surface area contributed by atoms with Crippen LogP contribution in [0.4, 0.5) is 0 Å². The number of nitrogens with zero attached hydrogens (tertiary/aromatic N) is 6. The van der Waals surface area contributed by atoms with E-state index in [9.17, 15) is 9.59 Å². The molecule has 0 radical (unpaired) electrons. The first-order valence-corrected chi connectivity index (χ1v) is 13.4. The van der Waals surface area contributed by atoms with Gasteiger partial charge in [0.05, 0.1) is 11.7 Å². The molecule has 2 N–H and O–H groups in total. The molecular weight excluding hydrogens is 480 g/mol. The van der Waals surface area contributed by atoms with Crippen LogP contribution in [0.5, 0.6) is 0 Å². The van der Waals surface area contributed by atoms with E-state index in [0.29, 0.717) is 25.9 Å². The van der Waals surface area contributed by atoms with E-state index in [1.54, 1.807) is 28.0 Å². The van der Waals surface area contributed by atoms with Crippen molar-refractivity contribution in [3.05, 3.63) is 60.7 Å². The normalized spacial score (nSPS) is 18.3. The van der Waals surface area contributed by atoms with Crippen LogP contribution in [0, 0.1) is 0 Å². The zero-order valence-corrected chi connectivity index (χ0v) is 21.3. The summed E-state index contributed by atoms with van der Waals surface area (Å²) in [5, 5.41) is 12.7. The molecule has 0 aromatic carbocycles. The minimum atomic E-state index is -0.404. The van der Waals surface area contributed by atoms with Crippen molar-refractivity contribution in [2.24, 2.45) is 0 Å². The van der Waals surface area contributed by atoms with Crippen molar-refractivity contribution in [1.82, 2.24) is 39.9 Å². The smallest absolute Gasteiger partial charge is 0.246 e. The van der Waals surface area contributed by atoms with Gasteiger partial charge in [-0.25, -0.2) is 4.98 Å². The van der Waals surface area contributed by atoms with E-state index in [0.717, 1.165) is 59.4 Å². The summed E-state index contributed by atoms with van der Waals surface area (Å²) in [6.07, 6.45) is 13.5. The summed E-state index contributed by atoms with van der Waals surface area (Å²) in [4.78, 5) is 37.7. The quantitative estimate of drug-likeness (QED) is 0.351. The maximum atomic E-state index is 13.0. The van der Waals surface area contributed by atoms with Gasteiger partial charge in [0, 0.05) is 61.2 Å². The Hall–Kier alpha value is -4.05. The standard InChI is InChI=1S/C28H32N8O2/c37-26(8-5-16-34-14-1-2-15-34)35-17-4-7-25(35)28(38)30-12-9-20-18-22-21(10-13-29-27(22)33-20)23-19-32-36-24(23)6-3-11-31-36/h3,5-6,8,10-11,13,18-19,25H,1-2,4,7,9,12,14-17H2,(H,29,33)(H,30,38)/b8-5+/t25-/m0/s1. The number of aromatic amines is 1. The van der Waals surface area contributed by atoms with Gasteiger partial charge in [-0.15, -0.1) is 0 Å². The van der Waals surface area contributed by atoms with Crippen LogP contribution in [0.25, 0.3) is 27.7 Å². The van der Waals surface area contributed by atoms with E-state index in [1.165, 1.54) is 12.8 Å². The summed E-state index contributed by atoms with van der Waals surface area (Å²) in [7, 11) is 0. The zero-order valence-electron chi connectivity index (χ0n) is 21.3. The first-order valence-electron chi connectivity index (χ1n) is 13.4. The van der Waals surface area contributed by atoms with Crippen LogP contribution in [0.2, 0.25) is 0 Å². The third-order valence-corrected chi connectivity index (χ3v) is 7.54. The minimum absolute atomic E-state index is 0.0704. The number of hydrogen-bond donors (Lipinski definition) is 2. The number of aromatic nitrogens is 5. The van der Waals surface area contributed by atoms with Gasteiger partial charge in [0.2, 0.25) is 11.8 Å². The third-order valence-electron chi connectivity index (χ3n) is 7.54. The molecule has 0 bridgehead atoms. The number of fused-ring (bicyclic) bond motifs is 2. The van der Waals surface area contributed by atoms with Crippen LogP contribution in [0.15, 0.2) is 55.0 Å². The van der Waals surface area contributed by atoms with Gasteiger partial charge in [-0.2, -0.15) is 14.8 Å². The van der Waals surface area contributed by atoms with Crippen molar-refractivity contribution < 1.29 is 9.59 Å². The molecule has 6 rings (SSSR count). The molecule has 10 heteroatoms. The van der Waals surface area contributed by atoms with Crippen molar-refractivity contribution in [3.8, 4) is 11.1 Å². The average Bonchev–Trinajstić information content (AvgIpc) is 3.74. The molecule has 2 aliphatic heterocycles. The van der Waals surface area contributed by atoms with Crippen molar-refractivity contribution >= 4 is 28.4 Å². The fourth-order valence-electron chi connectivity index (χ4n) is 5.60. The SMILES string of the molecule is O=C(NCCc1cc2c(-c3cnn4ncccc34)ccnc2[nH]1)[C@@H]1CCCN1C(=O)/C=C/CN1CCCC1. The molecule has 0 spiro atoms. The largest absolute Gasteiger partial charge is 0.354 e.